The zero-order valence-electron chi connectivity index (χ0n) is 10.8. The summed E-state index contributed by atoms with van der Waals surface area (Å²) in [5.74, 6) is 0.750. The SMILES string of the molecule is Cc1nc2c(CCN3CCNCC3)cccc2o1. The number of oxazole rings is 1. The summed E-state index contributed by atoms with van der Waals surface area (Å²) in [4.78, 5) is 6.98. The number of hydrogen-bond donors (Lipinski definition) is 1. The van der Waals surface area contributed by atoms with Crippen LogP contribution in [0, 0.1) is 6.92 Å². The van der Waals surface area contributed by atoms with Crippen molar-refractivity contribution in [3.05, 3.63) is 29.7 Å². The molecule has 0 radical (unpaired) electrons. The molecule has 0 atom stereocenters. The van der Waals surface area contributed by atoms with Gasteiger partial charge in [0.25, 0.3) is 0 Å². The lowest BCUT2D eigenvalue weighted by molar-refractivity contribution is 0.244. The molecule has 0 saturated carbocycles. The Hall–Kier alpha value is -1.39. The van der Waals surface area contributed by atoms with E-state index in [0.29, 0.717) is 0 Å². The van der Waals surface area contributed by atoms with Gasteiger partial charge in [-0.2, -0.15) is 0 Å². The predicted molar refractivity (Wildman–Crippen MR) is 71.8 cm³/mol. The van der Waals surface area contributed by atoms with E-state index in [1.807, 2.05) is 13.0 Å². The first-order valence-corrected chi connectivity index (χ1v) is 6.61. The number of aryl methyl sites for hydroxylation is 1. The highest BCUT2D eigenvalue weighted by atomic mass is 16.3. The summed E-state index contributed by atoms with van der Waals surface area (Å²) in [6.45, 7) is 7.51. The molecule has 1 aromatic heterocycles. The average molecular weight is 245 g/mol. The minimum atomic E-state index is 0.750. The Labute approximate surface area is 107 Å². The van der Waals surface area contributed by atoms with Crippen molar-refractivity contribution in [3.63, 3.8) is 0 Å². The number of nitrogens with one attached hydrogen (secondary N) is 1. The van der Waals surface area contributed by atoms with Crippen LogP contribution in [-0.2, 0) is 6.42 Å². The van der Waals surface area contributed by atoms with Crippen LogP contribution >= 0.6 is 0 Å². The van der Waals surface area contributed by atoms with Crippen LogP contribution in [0.25, 0.3) is 11.1 Å². The highest BCUT2D eigenvalue weighted by molar-refractivity contribution is 5.76. The van der Waals surface area contributed by atoms with Crippen LogP contribution in [-0.4, -0.2) is 42.6 Å². The van der Waals surface area contributed by atoms with Crippen LogP contribution < -0.4 is 5.32 Å². The number of hydrogen-bond acceptors (Lipinski definition) is 4. The van der Waals surface area contributed by atoms with Crippen molar-refractivity contribution in [1.29, 1.82) is 0 Å². The van der Waals surface area contributed by atoms with E-state index in [-0.39, 0.29) is 0 Å². The Balaban J connectivity index is 1.73. The molecule has 18 heavy (non-hydrogen) atoms. The summed E-state index contributed by atoms with van der Waals surface area (Å²) >= 11 is 0. The predicted octanol–water partition coefficient (Wildman–Crippen LogP) is 1.58. The molecule has 1 aromatic carbocycles. The Bertz CT molecular complexity index is 529. The molecule has 0 unspecified atom stereocenters. The molecule has 1 aliphatic rings. The van der Waals surface area contributed by atoms with E-state index in [4.69, 9.17) is 4.42 Å². The topological polar surface area (TPSA) is 41.3 Å². The molecule has 0 aliphatic carbocycles. The number of aromatic nitrogens is 1. The van der Waals surface area contributed by atoms with Crippen LogP contribution in [0.5, 0.6) is 0 Å². The first kappa shape index (κ1) is 11.7. The second-order valence-electron chi connectivity index (χ2n) is 4.84. The third-order valence-corrected chi connectivity index (χ3v) is 3.52. The van der Waals surface area contributed by atoms with Crippen LogP contribution in [0.15, 0.2) is 22.6 Å². The van der Waals surface area contributed by atoms with Crippen molar-refractivity contribution in [2.24, 2.45) is 0 Å². The Kier molecular flexibility index (Phi) is 3.30. The van der Waals surface area contributed by atoms with Gasteiger partial charge in [0.2, 0.25) is 0 Å². The minimum Gasteiger partial charge on any atom is -0.441 e. The molecule has 1 saturated heterocycles. The largest absolute Gasteiger partial charge is 0.441 e. The van der Waals surface area contributed by atoms with Crippen molar-refractivity contribution in [2.75, 3.05) is 32.7 Å². The summed E-state index contributed by atoms with van der Waals surface area (Å²) in [5.41, 5.74) is 3.23. The highest BCUT2D eigenvalue weighted by Crippen LogP contribution is 2.19. The fraction of sp³-hybridized carbons (Fsp3) is 0.500. The maximum atomic E-state index is 5.57. The Morgan fingerprint density at radius 3 is 3.00 bits per heavy atom. The molecule has 2 aromatic rings. The zero-order valence-corrected chi connectivity index (χ0v) is 10.8. The molecule has 4 nitrogen and oxygen atoms in total. The first-order valence-electron chi connectivity index (χ1n) is 6.61. The van der Waals surface area contributed by atoms with Gasteiger partial charge >= 0.3 is 0 Å². The number of nitrogens with zero attached hydrogens (tertiary/aromatic N) is 2. The van der Waals surface area contributed by atoms with Crippen molar-refractivity contribution in [3.8, 4) is 0 Å². The standard InChI is InChI=1S/C14H19N3O/c1-11-16-14-12(3-2-4-13(14)18-11)5-8-17-9-6-15-7-10-17/h2-4,15H,5-10H2,1H3. The molecule has 1 aliphatic heterocycles. The summed E-state index contributed by atoms with van der Waals surface area (Å²) in [6, 6.07) is 6.20. The summed E-state index contributed by atoms with van der Waals surface area (Å²) in [5, 5.41) is 3.38. The van der Waals surface area contributed by atoms with E-state index in [2.05, 4.69) is 27.3 Å². The molecule has 2 heterocycles. The van der Waals surface area contributed by atoms with Gasteiger partial charge in [-0.25, -0.2) is 4.98 Å². The smallest absolute Gasteiger partial charge is 0.192 e. The van der Waals surface area contributed by atoms with Crippen LogP contribution in [0.1, 0.15) is 11.5 Å². The number of fused-ring (bicyclic) bond motifs is 1. The summed E-state index contributed by atoms with van der Waals surface area (Å²) in [7, 11) is 0. The third kappa shape index (κ3) is 2.40. The Morgan fingerprint density at radius 1 is 1.33 bits per heavy atom. The van der Waals surface area contributed by atoms with E-state index in [0.717, 1.165) is 56.1 Å². The van der Waals surface area contributed by atoms with Gasteiger partial charge in [0.1, 0.15) is 5.52 Å². The van der Waals surface area contributed by atoms with E-state index in [1.165, 1.54) is 5.56 Å². The lowest BCUT2D eigenvalue weighted by Crippen LogP contribution is -2.44. The van der Waals surface area contributed by atoms with Crippen LogP contribution in [0.2, 0.25) is 0 Å². The van der Waals surface area contributed by atoms with Crippen molar-refractivity contribution >= 4 is 11.1 Å². The molecule has 0 spiro atoms. The van der Waals surface area contributed by atoms with E-state index in [1.54, 1.807) is 0 Å². The molecule has 96 valence electrons. The monoisotopic (exact) mass is 245 g/mol. The fourth-order valence-electron chi connectivity index (χ4n) is 2.53. The maximum absolute atomic E-state index is 5.57. The molecule has 3 rings (SSSR count). The van der Waals surface area contributed by atoms with E-state index < -0.39 is 0 Å². The number of rotatable bonds is 3. The average Bonchev–Trinajstić information content (AvgIpc) is 2.78. The second-order valence-corrected chi connectivity index (χ2v) is 4.84. The molecular formula is C14H19N3O. The van der Waals surface area contributed by atoms with Gasteiger partial charge in [0.15, 0.2) is 11.5 Å². The molecule has 1 N–H and O–H groups in total. The summed E-state index contributed by atoms with van der Waals surface area (Å²) in [6.07, 6.45) is 1.04. The van der Waals surface area contributed by atoms with Gasteiger partial charge < -0.3 is 14.6 Å². The normalized spacial score (nSPS) is 17.4. The highest BCUT2D eigenvalue weighted by Gasteiger charge is 2.11. The van der Waals surface area contributed by atoms with E-state index in [9.17, 15) is 0 Å². The molecule has 4 heteroatoms. The quantitative estimate of drug-likeness (QED) is 0.891. The Morgan fingerprint density at radius 2 is 2.17 bits per heavy atom. The molecular weight excluding hydrogens is 226 g/mol. The van der Waals surface area contributed by atoms with Crippen LogP contribution in [0.3, 0.4) is 0 Å². The first-order chi connectivity index (χ1) is 8.83. The minimum absolute atomic E-state index is 0.750. The van der Waals surface area contributed by atoms with Crippen molar-refractivity contribution in [1.82, 2.24) is 15.2 Å². The molecule has 1 fully saturated rings. The van der Waals surface area contributed by atoms with Gasteiger partial charge in [-0.1, -0.05) is 12.1 Å². The van der Waals surface area contributed by atoms with Crippen molar-refractivity contribution in [2.45, 2.75) is 13.3 Å². The van der Waals surface area contributed by atoms with E-state index >= 15 is 0 Å². The molecule has 0 bridgehead atoms. The molecule has 0 amide bonds. The van der Waals surface area contributed by atoms with Gasteiger partial charge in [0.05, 0.1) is 0 Å². The number of para-hydroxylation sites is 1. The van der Waals surface area contributed by atoms with Crippen LogP contribution in [0.4, 0.5) is 0 Å². The van der Waals surface area contributed by atoms with Crippen molar-refractivity contribution < 1.29 is 4.42 Å². The lowest BCUT2D eigenvalue weighted by Gasteiger charge is -2.27. The van der Waals surface area contributed by atoms with Gasteiger partial charge in [-0.05, 0) is 18.1 Å². The van der Waals surface area contributed by atoms with Gasteiger partial charge in [-0.3, -0.25) is 0 Å². The maximum Gasteiger partial charge on any atom is 0.192 e. The number of benzene rings is 1. The lowest BCUT2D eigenvalue weighted by atomic mass is 10.1. The number of piperazine rings is 1. The zero-order chi connectivity index (χ0) is 12.4. The summed E-state index contributed by atoms with van der Waals surface area (Å²) < 4.78 is 5.57. The van der Waals surface area contributed by atoms with Gasteiger partial charge in [-0.15, -0.1) is 0 Å². The van der Waals surface area contributed by atoms with Gasteiger partial charge in [0, 0.05) is 39.6 Å². The third-order valence-electron chi connectivity index (χ3n) is 3.52. The fourth-order valence-corrected chi connectivity index (χ4v) is 2.53. The second kappa shape index (κ2) is 5.08.